The van der Waals surface area contributed by atoms with Crippen LogP contribution in [0.15, 0.2) is 65.2 Å². The highest BCUT2D eigenvalue weighted by atomic mass is 32.2. The smallest absolute Gasteiger partial charge is 0.256 e. The molecule has 3 heterocycles. The summed E-state index contributed by atoms with van der Waals surface area (Å²) in [6, 6.07) is 13.7. The number of H-pyrrole nitrogens is 1. The van der Waals surface area contributed by atoms with Crippen LogP contribution in [0.25, 0.3) is 33.2 Å². The van der Waals surface area contributed by atoms with Gasteiger partial charge in [-0.1, -0.05) is 0 Å². The predicted molar refractivity (Wildman–Crippen MR) is 160 cm³/mol. The summed E-state index contributed by atoms with van der Waals surface area (Å²) in [5.74, 6) is -1.10. The number of furan rings is 1. The molecular weight excluding hydrogens is 562 g/mol. The lowest BCUT2D eigenvalue weighted by atomic mass is 9.87. The molecule has 8 nitrogen and oxygen atoms in total. The second kappa shape index (κ2) is 11.1. The van der Waals surface area contributed by atoms with Crippen molar-refractivity contribution >= 4 is 51.6 Å². The Labute approximate surface area is 244 Å². The Morgan fingerprint density at radius 3 is 2.60 bits per heavy atom. The first kappa shape index (κ1) is 27.8. The van der Waals surface area contributed by atoms with Gasteiger partial charge in [-0.15, -0.1) is 0 Å². The van der Waals surface area contributed by atoms with Crippen LogP contribution in [0.5, 0.6) is 0 Å². The zero-order chi connectivity index (χ0) is 29.5. The molecule has 0 unspecified atom stereocenters. The van der Waals surface area contributed by atoms with Crippen LogP contribution in [-0.4, -0.2) is 53.4 Å². The van der Waals surface area contributed by atoms with Crippen molar-refractivity contribution in [2.24, 2.45) is 0 Å². The van der Waals surface area contributed by atoms with Crippen LogP contribution in [0, 0.1) is 11.6 Å². The lowest BCUT2D eigenvalue weighted by molar-refractivity contribution is 0.0709. The predicted octanol–water partition coefficient (Wildman–Crippen LogP) is 6.80. The number of aromatic amines is 1. The Morgan fingerprint density at radius 2 is 1.86 bits per heavy atom. The Morgan fingerprint density at radius 1 is 1.10 bits per heavy atom. The zero-order valence-corrected chi connectivity index (χ0v) is 23.7. The summed E-state index contributed by atoms with van der Waals surface area (Å²) < 4.78 is 45.1. The number of amides is 2. The van der Waals surface area contributed by atoms with E-state index in [2.05, 4.69) is 10.3 Å². The number of rotatable bonds is 6. The van der Waals surface area contributed by atoms with Crippen molar-refractivity contribution in [3.05, 3.63) is 89.1 Å². The number of hydrogen-bond donors (Lipinski definition) is 3. The fourth-order valence-corrected chi connectivity index (χ4v) is 6.05. The van der Waals surface area contributed by atoms with E-state index in [9.17, 15) is 22.9 Å². The van der Waals surface area contributed by atoms with E-state index in [4.69, 9.17) is 4.42 Å². The number of carbonyl (C=O) groups excluding carboxylic acids is 2. The van der Waals surface area contributed by atoms with Gasteiger partial charge in [-0.25, -0.2) is 8.78 Å². The highest BCUT2D eigenvalue weighted by Crippen LogP contribution is 2.42. The first-order valence-corrected chi connectivity index (χ1v) is 14.2. The van der Waals surface area contributed by atoms with Crippen LogP contribution in [-0.2, 0) is 0 Å². The van der Waals surface area contributed by atoms with Crippen LogP contribution in [0.1, 0.15) is 45.0 Å². The SMILES string of the molecule is CNC(=O)c1c(-c2ccc(F)cc2)oc2cc(N(C)SO)c([C@H]3CCCN(C(=O)c4c[nH]c5cc(F)ccc45)C3)cc12. The maximum absolute atomic E-state index is 13.7. The normalized spacial score (nSPS) is 15.4. The Kier molecular flexibility index (Phi) is 7.38. The fraction of sp³-hybridized carbons (Fsp3) is 0.226. The highest BCUT2D eigenvalue weighted by Gasteiger charge is 2.31. The number of aromatic nitrogens is 1. The van der Waals surface area contributed by atoms with Crippen molar-refractivity contribution in [1.29, 1.82) is 0 Å². The van der Waals surface area contributed by atoms with Crippen molar-refractivity contribution < 1.29 is 27.3 Å². The fourth-order valence-electron chi connectivity index (χ4n) is 5.81. The van der Waals surface area contributed by atoms with E-state index >= 15 is 0 Å². The summed E-state index contributed by atoms with van der Waals surface area (Å²) in [7, 11) is 3.25. The molecule has 5 aromatic rings. The first-order chi connectivity index (χ1) is 20.3. The number of piperidine rings is 1. The molecule has 42 heavy (non-hydrogen) atoms. The average Bonchev–Trinajstić information content (AvgIpc) is 3.60. The number of halogens is 2. The van der Waals surface area contributed by atoms with Crippen molar-refractivity contribution in [2.45, 2.75) is 18.8 Å². The quantitative estimate of drug-likeness (QED) is 0.149. The monoisotopic (exact) mass is 590 g/mol. The summed E-state index contributed by atoms with van der Waals surface area (Å²) in [4.78, 5) is 31.6. The largest absolute Gasteiger partial charge is 0.455 e. The average molecular weight is 591 g/mol. The van der Waals surface area contributed by atoms with E-state index in [-0.39, 0.29) is 23.5 Å². The molecule has 1 saturated heterocycles. The molecule has 1 atom stereocenters. The van der Waals surface area contributed by atoms with Gasteiger partial charge in [0.05, 0.1) is 16.8 Å². The van der Waals surface area contributed by atoms with Crippen LogP contribution >= 0.6 is 12.2 Å². The summed E-state index contributed by atoms with van der Waals surface area (Å²) in [5.41, 5.74) is 3.86. The van der Waals surface area contributed by atoms with E-state index in [0.717, 1.165) is 18.4 Å². The molecule has 0 bridgehead atoms. The Bertz CT molecular complexity index is 1820. The van der Waals surface area contributed by atoms with Crippen LogP contribution < -0.4 is 9.62 Å². The van der Waals surface area contributed by atoms with Crippen molar-refractivity contribution in [2.75, 3.05) is 31.5 Å². The Hall–Kier alpha value is -4.35. The van der Waals surface area contributed by atoms with Crippen LogP contribution in [0.3, 0.4) is 0 Å². The summed E-state index contributed by atoms with van der Waals surface area (Å²) >= 11 is 0.547. The molecule has 0 spiro atoms. The molecule has 216 valence electrons. The molecule has 1 aliphatic heterocycles. The number of benzene rings is 3. The van der Waals surface area contributed by atoms with Gasteiger partial charge in [0.25, 0.3) is 11.8 Å². The van der Waals surface area contributed by atoms with E-state index in [1.165, 1.54) is 31.3 Å². The maximum Gasteiger partial charge on any atom is 0.256 e. The summed E-state index contributed by atoms with van der Waals surface area (Å²) in [6.07, 6.45) is 3.14. The van der Waals surface area contributed by atoms with E-state index in [1.807, 2.05) is 6.07 Å². The van der Waals surface area contributed by atoms with Gasteiger partial charge in [0, 0.05) is 67.2 Å². The van der Waals surface area contributed by atoms with Gasteiger partial charge in [0.1, 0.15) is 35.2 Å². The van der Waals surface area contributed by atoms with Gasteiger partial charge in [-0.3, -0.25) is 13.9 Å². The van der Waals surface area contributed by atoms with Crippen LogP contribution in [0.2, 0.25) is 0 Å². The van der Waals surface area contributed by atoms with Gasteiger partial charge < -0.3 is 24.2 Å². The lowest BCUT2D eigenvalue weighted by Crippen LogP contribution is -2.39. The molecule has 1 fully saturated rings. The first-order valence-electron chi connectivity index (χ1n) is 13.5. The van der Waals surface area contributed by atoms with Crippen molar-refractivity contribution in [1.82, 2.24) is 15.2 Å². The van der Waals surface area contributed by atoms with Gasteiger partial charge >= 0.3 is 0 Å². The molecule has 1 aliphatic rings. The molecule has 6 rings (SSSR count). The number of hydrogen-bond acceptors (Lipinski definition) is 6. The molecule has 0 aliphatic carbocycles. The van der Waals surface area contributed by atoms with Crippen molar-refractivity contribution in [3.8, 4) is 11.3 Å². The number of nitrogens with zero attached hydrogens (tertiary/aromatic N) is 2. The standard InChI is InChI=1S/C31H28F2N4O4S/c1-34-30(38)28-23-13-22(26(36(2)42-40)14-27(23)41-29(28)17-5-7-19(32)8-6-17)18-4-3-11-37(16-18)31(39)24-15-35-25-12-20(33)9-10-21(24)25/h5-10,12-15,18,35,40H,3-4,11,16H2,1-2H3,(H,34,38)/t18-/m0/s1. The summed E-state index contributed by atoms with van der Waals surface area (Å²) in [5, 5.41) is 3.91. The maximum atomic E-state index is 13.7. The Balaban J connectivity index is 1.42. The third-order valence-electron chi connectivity index (χ3n) is 7.88. The molecule has 2 amide bonds. The van der Waals surface area contributed by atoms with E-state index in [0.29, 0.717) is 75.3 Å². The molecule has 0 radical (unpaired) electrons. The van der Waals surface area contributed by atoms with Crippen molar-refractivity contribution in [3.63, 3.8) is 0 Å². The minimum atomic E-state index is -0.404. The van der Waals surface area contributed by atoms with Gasteiger partial charge in [-0.2, -0.15) is 0 Å². The number of carbonyl (C=O) groups is 2. The third-order valence-corrected chi connectivity index (χ3v) is 8.32. The zero-order valence-electron chi connectivity index (χ0n) is 22.9. The molecule has 0 saturated carbocycles. The minimum Gasteiger partial charge on any atom is -0.455 e. The highest BCUT2D eigenvalue weighted by molar-refractivity contribution is 7.95. The molecule has 11 heteroatoms. The van der Waals surface area contributed by atoms with E-state index < -0.39 is 5.82 Å². The second-order valence-corrected chi connectivity index (χ2v) is 11.1. The molecule has 2 aromatic heterocycles. The number of fused-ring (bicyclic) bond motifs is 2. The second-order valence-electron chi connectivity index (χ2n) is 10.4. The lowest BCUT2D eigenvalue weighted by Gasteiger charge is -2.34. The summed E-state index contributed by atoms with van der Waals surface area (Å²) in [6.45, 7) is 0.975. The number of nitrogens with one attached hydrogen (secondary N) is 2. The van der Waals surface area contributed by atoms with Gasteiger partial charge in [0.2, 0.25) is 0 Å². The number of likely N-dealkylation sites (tertiary alicyclic amines) is 1. The van der Waals surface area contributed by atoms with E-state index in [1.54, 1.807) is 46.7 Å². The minimum absolute atomic E-state index is 0.110. The molecular formula is C31H28F2N4O4S. The molecule has 3 N–H and O–H groups in total. The van der Waals surface area contributed by atoms with Gasteiger partial charge in [0.15, 0.2) is 0 Å². The van der Waals surface area contributed by atoms with Gasteiger partial charge in [-0.05, 0) is 66.9 Å². The molecule has 3 aromatic carbocycles. The topological polar surface area (TPSA) is 102 Å². The van der Waals surface area contributed by atoms with Crippen LogP contribution in [0.4, 0.5) is 14.5 Å². The number of anilines is 1. The third kappa shape index (κ3) is 4.88.